The lowest BCUT2D eigenvalue weighted by Crippen LogP contribution is -2.42. The van der Waals surface area contributed by atoms with Crippen LogP contribution in [0, 0.1) is 11.8 Å². The van der Waals surface area contributed by atoms with Crippen molar-refractivity contribution in [3.8, 4) is 0 Å². The van der Waals surface area contributed by atoms with E-state index in [2.05, 4.69) is 19.2 Å². The van der Waals surface area contributed by atoms with E-state index in [-0.39, 0.29) is 11.9 Å². The van der Waals surface area contributed by atoms with Crippen molar-refractivity contribution in [3.63, 3.8) is 0 Å². The number of nitrogens with one attached hydrogen (secondary N) is 1. The van der Waals surface area contributed by atoms with Crippen LogP contribution in [0.4, 0.5) is 0 Å². The largest absolute Gasteiger partial charge is 0.380 e. The summed E-state index contributed by atoms with van der Waals surface area (Å²) >= 11 is 0. The van der Waals surface area contributed by atoms with Gasteiger partial charge in [-0.25, -0.2) is 0 Å². The van der Waals surface area contributed by atoms with Crippen molar-refractivity contribution in [2.75, 3.05) is 13.2 Å². The Bertz CT molecular complexity index is 261. The van der Waals surface area contributed by atoms with Gasteiger partial charge in [-0.15, -0.1) is 0 Å². The van der Waals surface area contributed by atoms with Gasteiger partial charge in [-0.3, -0.25) is 4.79 Å². The van der Waals surface area contributed by atoms with Crippen LogP contribution in [0.15, 0.2) is 0 Å². The molecule has 0 heterocycles. The molecule has 19 heavy (non-hydrogen) atoms. The summed E-state index contributed by atoms with van der Waals surface area (Å²) in [6, 6.07) is 0.471. The maximum atomic E-state index is 12.1. The third-order valence-corrected chi connectivity index (χ3v) is 4.02. The fourth-order valence-corrected chi connectivity index (χ4v) is 2.57. The lowest BCUT2D eigenvalue weighted by atomic mass is 9.84. The second-order valence-electron chi connectivity index (χ2n) is 6.06. The van der Waals surface area contributed by atoms with Gasteiger partial charge in [0.25, 0.3) is 0 Å². The molecule has 112 valence electrons. The van der Waals surface area contributed by atoms with Crippen molar-refractivity contribution in [2.24, 2.45) is 17.6 Å². The molecule has 1 amide bonds. The van der Waals surface area contributed by atoms with Crippen molar-refractivity contribution in [1.29, 1.82) is 0 Å². The molecule has 0 aromatic carbocycles. The normalized spacial score (nSPS) is 25.3. The summed E-state index contributed by atoms with van der Waals surface area (Å²) in [7, 11) is 0. The number of hydrogen-bond acceptors (Lipinski definition) is 3. The van der Waals surface area contributed by atoms with Crippen molar-refractivity contribution in [1.82, 2.24) is 5.32 Å². The van der Waals surface area contributed by atoms with E-state index in [0.29, 0.717) is 37.5 Å². The second-order valence-corrected chi connectivity index (χ2v) is 6.06. The second kappa shape index (κ2) is 8.54. The minimum absolute atomic E-state index is 0.123. The van der Waals surface area contributed by atoms with Gasteiger partial charge in [0, 0.05) is 19.1 Å². The van der Waals surface area contributed by atoms with E-state index in [4.69, 9.17) is 10.5 Å². The van der Waals surface area contributed by atoms with Gasteiger partial charge in [-0.05, 0) is 44.4 Å². The number of rotatable bonds is 7. The average Bonchev–Trinajstić information content (AvgIpc) is 2.37. The van der Waals surface area contributed by atoms with E-state index in [0.717, 1.165) is 25.7 Å². The van der Waals surface area contributed by atoms with Crippen LogP contribution in [0.25, 0.3) is 0 Å². The van der Waals surface area contributed by atoms with Crippen molar-refractivity contribution >= 4 is 5.91 Å². The van der Waals surface area contributed by atoms with E-state index in [1.165, 1.54) is 0 Å². The lowest BCUT2D eigenvalue weighted by molar-refractivity contribution is -0.123. The third kappa shape index (κ3) is 6.39. The summed E-state index contributed by atoms with van der Waals surface area (Å²) in [5.74, 6) is 1.08. The van der Waals surface area contributed by atoms with E-state index < -0.39 is 0 Å². The van der Waals surface area contributed by atoms with Gasteiger partial charge in [-0.1, -0.05) is 13.8 Å². The maximum Gasteiger partial charge on any atom is 0.220 e. The first-order valence-electron chi connectivity index (χ1n) is 7.65. The molecule has 1 aliphatic rings. The highest BCUT2D eigenvalue weighted by atomic mass is 16.5. The number of nitrogens with two attached hydrogens (primary N) is 1. The SMILES string of the molecule is CCOCC(NC(=O)CC1CCC(N)CC1)C(C)C. The fraction of sp³-hybridized carbons (Fsp3) is 0.933. The molecule has 0 bridgehead atoms. The molecule has 1 rings (SSSR count). The zero-order chi connectivity index (χ0) is 14.3. The highest BCUT2D eigenvalue weighted by molar-refractivity contribution is 5.76. The van der Waals surface area contributed by atoms with Crippen LogP contribution in [0.2, 0.25) is 0 Å². The maximum absolute atomic E-state index is 12.1. The number of carbonyl (C=O) groups is 1. The topological polar surface area (TPSA) is 64.3 Å². The Labute approximate surface area is 117 Å². The minimum atomic E-state index is 0.123. The van der Waals surface area contributed by atoms with Gasteiger partial charge < -0.3 is 15.8 Å². The molecule has 1 unspecified atom stereocenters. The van der Waals surface area contributed by atoms with E-state index in [1.807, 2.05) is 6.92 Å². The molecule has 1 atom stereocenters. The molecule has 4 nitrogen and oxygen atoms in total. The van der Waals surface area contributed by atoms with E-state index in [1.54, 1.807) is 0 Å². The number of ether oxygens (including phenoxy) is 1. The Morgan fingerprint density at radius 2 is 1.95 bits per heavy atom. The van der Waals surface area contributed by atoms with Crippen LogP contribution >= 0.6 is 0 Å². The number of hydrogen-bond donors (Lipinski definition) is 2. The molecule has 3 N–H and O–H groups in total. The summed E-state index contributed by atoms with van der Waals surface area (Å²) in [6.07, 6.45) is 4.94. The molecule has 0 aromatic rings. The minimum Gasteiger partial charge on any atom is -0.380 e. The lowest BCUT2D eigenvalue weighted by Gasteiger charge is -2.27. The monoisotopic (exact) mass is 270 g/mol. The molecule has 0 spiro atoms. The summed E-state index contributed by atoms with van der Waals surface area (Å²) in [6.45, 7) is 7.51. The Morgan fingerprint density at radius 3 is 2.47 bits per heavy atom. The first-order chi connectivity index (χ1) is 9.02. The predicted molar refractivity (Wildman–Crippen MR) is 77.8 cm³/mol. The zero-order valence-electron chi connectivity index (χ0n) is 12.7. The molecule has 0 radical (unpaired) electrons. The summed E-state index contributed by atoms with van der Waals surface area (Å²) in [4.78, 5) is 12.1. The smallest absolute Gasteiger partial charge is 0.220 e. The van der Waals surface area contributed by atoms with Crippen LogP contribution < -0.4 is 11.1 Å². The molecular formula is C15H30N2O2. The first-order valence-corrected chi connectivity index (χ1v) is 7.65. The summed E-state index contributed by atoms with van der Waals surface area (Å²) in [5.41, 5.74) is 5.89. The van der Waals surface area contributed by atoms with Crippen molar-refractivity contribution in [3.05, 3.63) is 0 Å². The van der Waals surface area contributed by atoms with Crippen LogP contribution in [0.3, 0.4) is 0 Å². The third-order valence-electron chi connectivity index (χ3n) is 4.02. The van der Waals surface area contributed by atoms with Crippen LogP contribution in [0.1, 0.15) is 52.9 Å². The van der Waals surface area contributed by atoms with Gasteiger partial charge in [0.2, 0.25) is 5.91 Å². The molecule has 0 aromatic heterocycles. The van der Waals surface area contributed by atoms with Crippen molar-refractivity contribution < 1.29 is 9.53 Å². The Kier molecular flexibility index (Phi) is 7.39. The Morgan fingerprint density at radius 1 is 1.32 bits per heavy atom. The van der Waals surface area contributed by atoms with E-state index in [9.17, 15) is 4.79 Å². The molecule has 4 heteroatoms. The zero-order valence-corrected chi connectivity index (χ0v) is 12.7. The standard InChI is InChI=1S/C15H30N2O2/c1-4-19-10-14(11(2)3)17-15(18)9-12-5-7-13(16)8-6-12/h11-14H,4-10,16H2,1-3H3,(H,17,18). The molecule has 1 aliphatic carbocycles. The van der Waals surface area contributed by atoms with E-state index >= 15 is 0 Å². The fourth-order valence-electron chi connectivity index (χ4n) is 2.57. The Balaban J connectivity index is 2.31. The quantitative estimate of drug-likeness (QED) is 0.744. The summed E-state index contributed by atoms with van der Waals surface area (Å²) < 4.78 is 5.43. The Hall–Kier alpha value is -0.610. The molecule has 0 saturated heterocycles. The number of amides is 1. The van der Waals surface area contributed by atoms with Gasteiger partial charge >= 0.3 is 0 Å². The predicted octanol–water partition coefficient (Wildman–Crippen LogP) is 2.07. The van der Waals surface area contributed by atoms with Crippen LogP contribution in [0.5, 0.6) is 0 Å². The number of carbonyl (C=O) groups excluding carboxylic acids is 1. The highest BCUT2D eigenvalue weighted by Gasteiger charge is 2.23. The molecular weight excluding hydrogens is 240 g/mol. The molecule has 0 aliphatic heterocycles. The van der Waals surface area contributed by atoms with Crippen LogP contribution in [-0.2, 0) is 9.53 Å². The first kappa shape index (κ1) is 16.4. The molecule has 1 fully saturated rings. The highest BCUT2D eigenvalue weighted by Crippen LogP contribution is 2.25. The van der Waals surface area contributed by atoms with Crippen LogP contribution in [-0.4, -0.2) is 31.2 Å². The summed E-state index contributed by atoms with van der Waals surface area (Å²) in [5, 5.41) is 3.11. The van der Waals surface area contributed by atoms with Gasteiger partial charge in [0.1, 0.15) is 0 Å². The average molecular weight is 270 g/mol. The van der Waals surface area contributed by atoms with Gasteiger partial charge in [0.05, 0.1) is 12.6 Å². The van der Waals surface area contributed by atoms with Gasteiger partial charge in [0.15, 0.2) is 0 Å². The molecule has 1 saturated carbocycles. The van der Waals surface area contributed by atoms with Gasteiger partial charge in [-0.2, -0.15) is 0 Å². The van der Waals surface area contributed by atoms with Crippen molar-refractivity contribution in [2.45, 2.75) is 65.0 Å².